The van der Waals surface area contributed by atoms with Crippen LogP contribution in [-0.4, -0.2) is 51.0 Å². The van der Waals surface area contributed by atoms with Gasteiger partial charge in [-0.3, -0.25) is 13.9 Å². The molecule has 202 valence electrons. The first-order chi connectivity index (χ1) is 17.9. The molecule has 3 aromatic rings. The smallest absolute Gasteiger partial charge is 0.244 e. The van der Waals surface area contributed by atoms with Crippen molar-refractivity contribution in [3.63, 3.8) is 0 Å². The molecular formula is C27H28Cl3N3O4S. The van der Waals surface area contributed by atoms with Crippen LogP contribution in [0.15, 0.2) is 66.7 Å². The molecule has 11 heteroatoms. The minimum Gasteiger partial charge on any atom is -0.357 e. The van der Waals surface area contributed by atoms with Gasteiger partial charge in [0.05, 0.1) is 11.9 Å². The highest BCUT2D eigenvalue weighted by atomic mass is 35.5. The Labute approximate surface area is 238 Å². The fourth-order valence-corrected chi connectivity index (χ4v) is 5.72. The monoisotopic (exact) mass is 595 g/mol. The summed E-state index contributed by atoms with van der Waals surface area (Å²) in [6.07, 6.45) is 1.21. The minimum atomic E-state index is -3.89. The molecule has 1 N–H and O–H groups in total. The zero-order valence-corrected chi connectivity index (χ0v) is 24.2. The molecule has 0 saturated carbocycles. The lowest BCUT2D eigenvalue weighted by Crippen LogP contribution is -2.53. The molecule has 0 aliphatic carbocycles. The van der Waals surface area contributed by atoms with Crippen LogP contribution in [0.1, 0.15) is 16.7 Å². The topological polar surface area (TPSA) is 86.8 Å². The maximum atomic E-state index is 14.0. The normalized spacial score (nSPS) is 12.1. The van der Waals surface area contributed by atoms with Gasteiger partial charge < -0.3 is 10.2 Å². The maximum Gasteiger partial charge on any atom is 0.244 e. The van der Waals surface area contributed by atoms with Crippen molar-refractivity contribution in [3.05, 3.63) is 98.5 Å². The summed E-state index contributed by atoms with van der Waals surface area (Å²) in [5, 5.41) is 3.69. The summed E-state index contributed by atoms with van der Waals surface area (Å²) in [6.45, 7) is 1.04. The number of anilines is 1. The minimum absolute atomic E-state index is 0.112. The molecule has 3 rings (SSSR count). The molecule has 1 atom stereocenters. The van der Waals surface area contributed by atoms with Gasteiger partial charge in [-0.2, -0.15) is 0 Å². The lowest BCUT2D eigenvalue weighted by atomic mass is 10.0. The molecule has 2 amide bonds. The Morgan fingerprint density at radius 2 is 1.58 bits per heavy atom. The molecule has 38 heavy (non-hydrogen) atoms. The van der Waals surface area contributed by atoms with E-state index in [1.165, 1.54) is 11.9 Å². The van der Waals surface area contributed by atoms with Crippen molar-refractivity contribution in [2.75, 3.05) is 24.2 Å². The first-order valence-corrected chi connectivity index (χ1v) is 14.6. The van der Waals surface area contributed by atoms with Gasteiger partial charge in [-0.05, 0) is 48.4 Å². The number of nitrogens with zero attached hydrogens (tertiary/aromatic N) is 2. The molecule has 0 unspecified atom stereocenters. The van der Waals surface area contributed by atoms with E-state index in [0.717, 1.165) is 16.1 Å². The average Bonchev–Trinajstić information content (AvgIpc) is 2.86. The lowest BCUT2D eigenvalue weighted by Gasteiger charge is -2.34. The number of halogens is 3. The van der Waals surface area contributed by atoms with Crippen LogP contribution in [0.3, 0.4) is 0 Å². The fourth-order valence-electron chi connectivity index (χ4n) is 4.07. The second-order valence-electron chi connectivity index (χ2n) is 8.74. The highest BCUT2D eigenvalue weighted by Gasteiger charge is 2.33. The number of hydrogen-bond acceptors (Lipinski definition) is 4. The molecule has 0 bridgehead atoms. The standard InChI is InChI=1S/C27H28Cl3N3O4S/c1-18-14-20(28)12-13-24(18)33(38(3,36)37)17-26(34)32(16-21-22(29)10-7-11-23(21)30)25(27(35)31-2)15-19-8-5-4-6-9-19/h4-14,25H,15-17H2,1-3H3,(H,31,35)/t25-/m0/s1. The summed E-state index contributed by atoms with van der Waals surface area (Å²) in [5.74, 6) is -1.02. The maximum absolute atomic E-state index is 14.0. The van der Waals surface area contributed by atoms with E-state index in [-0.39, 0.29) is 13.0 Å². The summed E-state index contributed by atoms with van der Waals surface area (Å²) >= 11 is 18.9. The van der Waals surface area contributed by atoms with Crippen molar-refractivity contribution in [3.8, 4) is 0 Å². The first-order valence-electron chi connectivity index (χ1n) is 11.6. The van der Waals surface area contributed by atoms with E-state index in [0.29, 0.717) is 31.9 Å². The largest absolute Gasteiger partial charge is 0.357 e. The number of carbonyl (C=O) groups is 2. The molecule has 0 aliphatic heterocycles. The number of sulfonamides is 1. The molecule has 0 spiro atoms. The number of likely N-dealkylation sites (N-methyl/N-ethyl adjacent to an activating group) is 1. The predicted molar refractivity (Wildman–Crippen MR) is 153 cm³/mol. The highest BCUT2D eigenvalue weighted by molar-refractivity contribution is 7.92. The number of amides is 2. The molecule has 7 nitrogen and oxygen atoms in total. The molecule has 0 heterocycles. The second kappa shape index (κ2) is 12.8. The van der Waals surface area contributed by atoms with Gasteiger partial charge in [0, 0.05) is 40.6 Å². The molecule has 0 radical (unpaired) electrons. The van der Waals surface area contributed by atoms with E-state index in [4.69, 9.17) is 34.8 Å². The Morgan fingerprint density at radius 1 is 0.947 bits per heavy atom. The van der Waals surface area contributed by atoms with Gasteiger partial charge in [-0.1, -0.05) is 71.2 Å². The van der Waals surface area contributed by atoms with Crippen LogP contribution in [0.5, 0.6) is 0 Å². The van der Waals surface area contributed by atoms with E-state index >= 15 is 0 Å². The third-order valence-corrected chi connectivity index (χ3v) is 8.08. The number of benzene rings is 3. The van der Waals surface area contributed by atoms with Gasteiger partial charge in [0.1, 0.15) is 12.6 Å². The predicted octanol–water partition coefficient (Wildman–Crippen LogP) is 5.11. The number of nitrogens with one attached hydrogen (secondary N) is 1. The van der Waals surface area contributed by atoms with Crippen LogP contribution in [0, 0.1) is 6.92 Å². The van der Waals surface area contributed by atoms with Gasteiger partial charge in [0.25, 0.3) is 0 Å². The van der Waals surface area contributed by atoms with Crippen LogP contribution in [-0.2, 0) is 32.6 Å². The van der Waals surface area contributed by atoms with E-state index in [9.17, 15) is 18.0 Å². The second-order valence-corrected chi connectivity index (χ2v) is 11.9. The Balaban J connectivity index is 2.09. The van der Waals surface area contributed by atoms with Gasteiger partial charge in [-0.25, -0.2) is 8.42 Å². The van der Waals surface area contributed by atoms with Crippen LogP contribution < -0.4 is 9.62 Å². The Morgan fingerprint density at radius 3 is 2.13 bits per heavy atom. The van der Waals surface area contributed by atoms with E-state index < -0.39 is 34.4 Å². The van der Waals surface area contributed by atoms with Gasteiger partial charge in [-0.15, -0.1) is 0 Å². The zero-order chi connectivity index (χ0) is 28.0. The quantitative estimate of drug-likeness (QED) is 0.353. The summed E-state index contributed by atoms with van der Waals surface area (Å²) in [4.78, 5) is 28.4. The number of rotatable bonds is 10. The Bertz CT molecular complexity index is 1400. The SMILES string of the molecule is CNC(=O)[C@H](Cc1ccccc1)N(Cc1c(Cl)cccc1Cl)C(=O)CN(c1ccc(Cl)cc1C)S(C)(=O)=O. The van der Waals surface area contributed by atoms with E-state index in [2.05, 4.69) is 5.32 Å². The Kier molecular flexibility index (Phi) is 10.1. The fraction of sp³-hybridized carbons (Fsp3) is 0.259. The first kappa shape index (κ1) is 29.8. The van der Waals surface area contributed by atoms with Crippen molar-refractivity contribution in [1.82, 2.24) is 10.2 Å². The van der Waals surface area contributed by atoms with Gasteiger partial charge in [0.15, 0.2) is 0 Å². The van der Waals surface area contributed by atoms with Crippen LogP contribution in [0.25, 0.3) is 0 Å². The van der Waals surface area contributed by atoms with Crippen LogP contribution >= 0.6 is 34.8 Å². The lowest BCUT2D eigenvalue weighted by molar-refractivity contribution is -0.139. The van der Waals surface area contributed by atoms with Crippen LogP contribution in [0.4, 0.5) is 5.69 Å². The van der Waals surface area contributed by atoms with Gasteiger partial charge >= 0.3 is 0 Å². The number of hydrogen-bond donors (Lipinski definition) is 1. The highest BCUT2D eigenvalue weighted by Crippen LogP contribution is 2.29. The van der Waals surface area contributed by atoms with Crippen molar-refractivity contribution in [2.24, 2.45) is 0 Å². The van der Waals surface area contributed by atoms with Crippen molar-refractivity contribution in [1.29, 1.82) is 0 Å². The van der Waals surface area contributed by atoms with Gasteiger partial charge in [0.2, 0.25) is 21.8 Å². The number of carbonyl (C=O) groups excluding carboxylic acids is 2. The van der Waals surface area contributed by atoms with Crippen molar-refractivity contribution in [2.45, 2.75) is 25.9 Å². The molecule has 0 saturated heterocycles. The molecule has 0 aliphatic rings. The third-order valence-electron chi connectivity index (χ3n) is 6.01. The van der Waals surface area contributed by atoms with E-state index in [1.807, 2.05) is 30.3 Å². The van der Waals surface area contributed by atoms with Crippen LogP contribution in [0.2, 0.25) is 15.1 Å². The molecule has 0 aromatic heterocycles. The van der Waals surface area contributed by atoms with Crippen molar-refractivity contribution < 1.29 is 18.0 Å². The summed E-state index contributed by atoms with van der Waals surface area (Å²) in [5.41, 5.74) is 2.14. The van der Waals surface area contributed by atoms with E-state index in [1.54, 1.807) is 43.3 Å². The third kappa shape index (κ3) is 7.41. The zero-order valence-electron chi connectivity index (χ0n) is 21.1. The number of aryl methyl sites for hydroxylation is 1. The summed E-state index contributed by atoms with van der Waals surface area (Å²) < 4.78 is 26.7. The van der Waals surface area contributed by atoms with Crippen molar-refractivity contribution >= 4 is 62.3 Å². The Hall–Kier alpha value is -2.78. The summed E-state index contributed by atoms with van der Waals surface area (Å²) in [6, 6.07) is 17.9. The molecule has 0 fully saturated rings. The summed E-state index contributed by atoms with van der Waals surface area (Å²) in [7, 11) is -2.41. The average molecular weight is 597 g/mol. The molecular weight excluding hydrogens is 569 g/mol. The molecule has 3 aromatic carbocycles.